The van der Waals surface area contributed by atoms with Gasteiger partial charge in [0.2, 0.25) is 0 Å². The third-order valence-electron chi connectivity index (χ3n) is 2.51. The van der Waals surface area contributed by atoms with Gasteiger partial charge in [-0.05, 0) is 36.5 Å². The summed E-state index contributed by atoms with van der Waals surface area (Å²) in [6, 6.07) is 4.36. The minimum Gasteiger partial charge on any atom is -0.382 e. The van der Waals surface area contributed by atoms with Crippen molar-refractivity contribution in [2.45, 2.75) is 18.9 Å². The third-order valence-corrected chi connectivity index (χ3v) is 3.56. The highest BCUT2D eigenvalue weighted by molar-refractivity contribution is 7.99. The number of rotatable bonds is 2. The van der Waals surface area contributed by atoms with Crippen LogP contribution in [0.2, 0.25) is 0 Å². The van der Waals surface area contributed by atoms with Crippen LogP contribution in [0.5, 0.6) is 0 Å². The Bertz CT molecular complexity index is 337. The van der Waals surface area contributed by atoms with Crippen LogP contribution >= 0.6 is 11.8 Å². The number of anilines is 1. The Morgan fingerprint density at radius 2 is 1.87 bits per heavy atom. The van der Waals surface area contributed by atoms with E-state index >= 15 is 0 Å². The van der Waals surface area contributed by atoms with Gasteiger partial charge in [0.05, 0.1) is 0 Å². The first-order chi connectivity index (χ1) is 7.25. The second-order valence-electron chi connectivity index (χ2n) is 3.66. The molecule has 0 saturated carbocycles. The summed E-state index contributed by atoms with van der Waals surface area (Å²) in [4.78, 5) is 0. The van der Waals surface area contributed by atoms with Crippen LogP contribution in [0.4, 0.5) is 14.5 Å². The molecule has 1 N–H and O–H groups in total. The van der Waals surface area contributed by atoms with Crippen LogP contribution in [0, 0.1) is 11.6 Å². The molecule has 1 aromatic carbocycles. The molecule has 1 heterocycles. The highest BCUT2D eigenvalue weighted by atomic mass is 32.2. The van der Waals surface area contributed by atoms with Crippen molar-refractivity contribution in [3.05, 3.63) is 29.8 Å². The van der Waals surface area contributed by atoms with Gasteiger partial charge in [0.15, 0.2) is 11.6 Å². The molecule has 1 fully saturated rings. The van der Waals surface area contributed by atoms with Crippen molar-refractivity contribution in [1.82, 2.24) is 0 Å². The monoisotopic (exact) mass is 229 g/mol. The average Bonchev–Trinajstić information content (AvgIpc) is 2.25. The molecule has 15 heavy (non-hydrogen) atoms. The van der Waals surface area contributed by atoms with Gasteiger partial charge in [-0.2, -0.15) is 11.8 Å². The number of nitrogens with one attached hydrogen (secondary N) is 1. The Labute approximate surface area is 92.3 Å². The predicted molar refractivity (Wildman–Crippen MR) is 60.3 cm³/mol. The Morgan fingerprint density at radius 3 is 2.53 bits per heavy atom. The lowest BCUT2D eigenvalue weighted by Crippen LogP contribution is -2.24. The molecule has 1 aliphatic heterocycles. The highest BCUT2D eigenvalue weighted by Gasteiger charge is 2.13. The Balaban J connectivity index is 2.00. The van der Waals surface area contributed by atoms with E-state index in [0.717, 1.165) is 30.4 Å². The zero-order valence-corrected chi connectivity index (χ0v) is 9.12. The summed E-state index contributed by atoms with van der Waals surface area (Å²) < 4.78 is 25.6. The number of hydrogen-bond donors (Lipinski definition) is 1. The van der Waals surface area contributed by atoms with E-state index in [1.54, 1.807) is 6.07 Å². The van der Waals surface area contributed by atoms with Gasteiger partial charge in [-0.15, -0.1) is 0 Å². The quantitative estimate of drug-likeness (QED) is 0.835. The molecule has 1 saturated heterocycles. The number of thioether (sulfide) groups is 1. The van der Waals surface area contributed by atoms with Crippen molar-refractivity contribution in [3.8, 4) is 0 Å². The van der Waals surface area contributed by atoms with E-state index in [1.807, 2.05) is 11.8 Å². The van der Waals surface area contributed by atoms with E-state index in [9.17, 15) is 8.78 Å². The van der Waals surface area contributed by atoms with Gasteiger partial charge in [0.1, 0.15) is 0 Å². The Kier molecular flexibility index (Phi) is 3.46. The van der Waals surface area contributed by atoms with Crippen molar-refractivity contribution in [2.24, 2.45) is 0 Å². The summed E-state index contributed by atoms with van der Waals surface area (Å²) >= 11 is 1.94. The molecule has 0 radical (unpaired) electrons. The average molecular weight is 229 g/mol. The summed E-state index contributed by atoms with van der Waals surface area (Å²) in [5.74, 6) is 0.702. The molecule has 1 aliphatic rings. The molecule has 0 unspecified atom stereocenters. The Morgan fingerprint density at radius 1 is 1.13 bits per heavy atom. The maximum absolute atomic E-state index is 12.9. The lowest BCUT2D eigenvalue weighted by molar-refractivity contribution is 0.508. The molecular weight excluding hydrogens is 216 g/mol. The maximum atomic E-state index is 12.9. The molecule has 2 rings (SSSR count). The van der Waals surface area contributed by atoms with E-state index in [2.05, 4.69) is 5.32 Å². The fourth-order valence-corrected chi connectivity index (χ4v) is 2.77. The number of halogens is 2. The van der Waals surface area contributed by atoms with Gasteiger partial charge >= 0.3 is 0 Å². The minimum absolute atomic E-state index is 0.399. The van der Waals surface area contributed by atoms with Crippen molar-refractivity contribution in [1.29, 1.82) is 0 Å². The van der Waals surface area contributed by atoms with Gasteiger partial charge in [-0.3, -0.25) is 0 Å². The third kappa shape index (κ3) is 2.84. The predicted octanol–water partition coefficient (Wildman–Crippen LogP) is 3.27. The summed E-state index contributed by atoms with van der Waals surface area (Å²) in [6.45, 7) is 0. The first kappa shape index (κ1) is 10.7. The molecule has 0 spiro atoms. The van der Waals surface area contributed by atoms with Crippen LogP contribution in [0.25, 0.3) is 0 Å². The SMILES string of the molecule is Fc1ccc(NC2CCSCC2)cc1F. The summed E-state index contributed by atoms with van der Waals surface area (Å²) in [5.41, 5.74) is 0.672. The van der Waals surface area contributed by atoms with E-state index in [4.69, 9.17) is 0 Å². The first-order valence-corrected chi connectivity index (χ1v) is 6.20. The number of hydrogen-bond acceptors (Lipinski definition) is 2. The Hall–Kier alpha value is -0.770. The van der Waals surface area contributed by atoms with Crippen molar-refractivity contribution >= 4 is 17.4 Å². The van der Waals surface area contributed by atoms with Gasteiger partial charge in [0.25, 0.3) is 0 Å². The van der Waals surface area contributed by atoms with Crippen molar-refractivity contribution < 1.29 is 8.78 Å². The molecule has 82 valence electrons. The lowest BCUT2D eigenvalue weighted by atomic mass is 10.1. The van der Waals surface area contributed by atoms with E-state index < -0.39 is 11.6 Å². The standard InChI is InChI=1S/C11H13F2NS/c12-10-2-1-9(7-11(10)13)14-8-3-5-15-6-4-8/h1-2,7-8,14H,3-6H2. The van der Waals surface area contributed by atoms with Gasteiger partial charge < -0.3 is 5.32 Å². The molecule has 0 aromatic heterocycles. The van der Waals surface area contributed by atoms with Gasteiger partial charge in [0, 0.05) is 17.8 Å². The minimum atomic E-state index is -0.792. The zero-order valence-electron chi connectivity index (χ0n) is 8.30. The van der Waals surface area contributed by atoms with Crippen LogP contribution in [0.1, 0.15) is 12.8 Å². The fourth-order valence-electron chi connectivity index (χ4n) is 1.66. The fraction of sp³-hybridized carbons (Fsp3) is 0.455. The van der Waals surface area contributed by atoms with Crippen LogP contribution in [0.15, 0.2) is 18.2 Å². The van der Waals surface area contributed by atoms with E-state index in [-0.39, 0.29) is 0 Å². The van der Waals surface area contributed by atoms with Gasteiger partial charge in [-0.25, -0.2) is 8.78 Å². The largest absolute Gasteiger partial charge is 0.382 e. The smallest absolute Gasteiger partial charge is 0.160 e. The van der Waals surface area contributed by atoms with Crippen molar-refractivity contribution in [2.75, 3.05) is 16.8 Å². The van der Waals surface area contributed by atoms with Crippen LogP contribution in [-0.2, 0) is 0 Å². The second kappa shape index (κ2) is 4.84. The molecule has 0 bridgehead atoms. The second-order valence-corrected chi connectivity index (χ2v) is 4.88. The van der Waals surface area contributed by atoms with Crippen LogP contribution in [0.3, 0.4) is 0 Å². The molecule has 1 aromatic rings. The van der Waals surface area contributed by atoms with Crippen LogP contribution < -0.4 is 5.32 Å². The van der Waals surface area contributed by atoms with Crippen LogP contribution in [-0.4, -0.2) is 17.5 Å². The molecule has 0 amide bonds. The molecule has 4 heteroatoms. The first-order valence-electron chi connectivity index (χ1n) is 5.05. The van der Waals surface area contributed by atoms with Crippen molar-refractivity contribution in [3.63, 3.8) is 0 Å². The molecular formula is C11H13F2NS. The summed E-state index contributed by atoms with van der Waals surface area (Å²) in [6.07, 6.45) is 2.17. The summed E-state index contributed by atoms with van der Waals surface area (Å²) in [7, 11) is 0. The normalized spacial score (nSPS) is 17.7. The number of benzene rings is 1. The lowest BCUT2D eigenvalue weighted by Gasteiger charge is -2.23. The van der Waals surface area contributed by atoms with Gasteiger partial charge in [-0.1, -0.05) is 0 Å². The summed E-state index contributed by atoms with van der Waals surface area (Å²) in [5, 5.41) is 3.23. The van der Waals surface area contributed by atoms with E-state index in [0.29, 0.717) is 11.7 Å². The topological polar surface area (TPSA) is 12.0 Å². The molecule has 0 atom stereocenters. The molecule has 1 nitrogen and oxygen atoms in total. The van der Waals surface area contributed by atoms with E-state index in [1.165, 1.54) is 6.07 Å². The maximum Gasteiger partial charge on any atom is 0.160 e. The zero-order chi connectivity index (χ0) is 10.7. The highest BCUT2D eigenvalue weighted by Crippen LogP contribution is 2.21. The molecule has 0 aliphatic carbocycles.